The third-order valence-electron chi connectivity index (χ3n) is 5.15. The van der Waals surface area contributed by atoms with Gasteiger partial charge in [0, 0.05) is 37.3 Å². The molecule has 0 N–H and O–H groups in total. The maximum atomic E-state index is 13.1. The first-order valence-electron chi connectivity index (χ1n) is 11.2. The summed E-state index contributed by atoms with van der Waals surface area (Å²) >= 11 is 7.00. The van der Waals surface area contributed by atoms with Gasteiger partial charge >= 0.3 is 0 Å². The minimum absolute atomic E-state index is 0.0426. The molecule has 33 heavy (non-hydrogen) atoms. The summed E-state index contributed by atoms with van der Waals surface area (Å²) in [5.74, 6) is 1.34. The van der Waals surface area contributed by atoms with Gasteiger partial charge < -0.3 is 19.3 Å². The van der Waals surface area contributed by atoms with E-state index in [2.05, 4.69) is 31.9 Å². The molecule has 8 heteroatoms. The number of ether oxygens (including phenoxy) is 2. The van der Waals surface area contributed by atoms with Crippen molar-refractivity contribution in [3.63, 3.8) is 0 Å². The number of hydrogen-bond donors (Lipinski definition) is 0. The lowest BCUT2D eigenvalue weighted by atomic mass is 10.2. The van der Waals surface area contributed by atoms with Gasteiger partial charge in [0.2, 0.25) is 0 Å². The van der Waals surface area contributed by atoms with E-state index < -0.39 is 0 Å². The van der Waals surface area contributed by atoms with Crippen molar-refractivity contribution in [3.8, 4) is 11.5 Å². The zero-order valence-electron chi connectivity index (χ0n) is 19.4. The summed E-state index contributed by atoms with van der Waals surface area (Å²) in [5.41, 5.74) is 1.20. The van der Waals surface area contributed by atoms with Gasteiger partial charge in [-0.1, -0.05) is 0 Å². The number of nitrogens with zero attached hydrogens (tertiary/aromatic N) is 2. The highest BCUT2D eigenvalue weighted by atomic mass is 79.9. The fraction of sp³-hybridized carbons (Fsp3) is 0.440. The molecule has 0 unspecified atom stereocenters. The Balaban J connectivity index is 1.65. The van der Waals surface area contributed by atoms with Gasteiger partial charge in [-0.2, -0.15) is 0 Å². The van der Waals surface area contributed by atoms with Crippen LogP contribution in [0, 0.1) is 0 Å². The zero-order chi connectivity index (χ0) is 24.1. The molecule has 1 aliphatic heterocycles. The van der Waals surface area contributed by atoms with E-state index in [1.807, 2.05) is 49.6 Å². The quantitative estimate of drug-likeness (QED) is 0.434. The second kappa shape index (κ2) is 11.4. The van der Waals surface area contributed by atoms with Crippen molar-refractivity contribution in [2.75, 3.05) is 26.2 Å². The molecule has 0 aromatic heterocycles. The number of hydrogen-bond acceptors (Lipinski definition) is 4. The highest BCUT2D eigenvalue weighted by molar-refractivity contribution is 9.10. The maximum absolute atomic E-state index is 13.1. The minimum Gasteiger partial charge on any atom is -0.490 e. The van der Waals surface area contributed by atoms with Crippen molar-refractivity contribution in [2.24, 2.45) is 0 Å². The molecule has 2 aromatic rings. The Hall–Kier alpha value is -2.06. The standard InChI is InChI=1S/C25H30Br2N2O4/c1-16(2)32-22-8-6-18(14-20(22)26)24(30)28-10-5-11-29(13-12-28)25(31)19-7-9-23(21(27)15-19)33-17(3)4/h6-9,14-17H,5,10-13H2,1-4H3. The van der Waals surface area contributed by atoms with Gasteiger partial charge in [-0.05, 0) is 102 Å². The second-order valence-corrected chi connectivity index (χ2v) is 10.3. The third kappa shape index (κ3) is 6.73. The zero-order valence-corrected chi connectivity index (χ0v) is 22.6. The van der Waals surface area contributed by atoms with E-state index in [9.17, 15) is 9.59 Å². The molecular weight excluding hydrogens is 552 g/mol. The Morgan fingerprint density at radius 2 is 1.12 bits per heavy atom. The van der Waals surface area contributed by atoms with Gasteiger partial charge in [0.15, 0.2) is 0 Å². The van der Waals surface area contributed by atoms with Gasteiger partial charge in [0.1, 0.15) is 11.5 Å². The minimum atomic E-state index is -0.0426. The lowest BCUT2D eigenvalue weighted by molar-refractivity contribution is 0.0718. The van der Waals surface area contributed by atoms with Crippen LogP contribution >= 0.6 is 31.9 Å². The number of benzene rings is 2. The molecule has 1 aliphatic rings. The summed E-state index contributed by atoms with van der Waals surface area (Å²) in [6, 6.07) is 10.8. The molecule has 0 saturated carbocycles. The van der Waals surface area contributed by atoms with E-state index in [4.69, 9.17) is 9.47 Å². The van der Waals surface area contributed by atoms with Crippen molar-refractivity contribution in [3.05, 3.63) is 56.5 Å². The summed E-state index contributed by atoms with van der Waals surface area (Å²) in [4.78, 5) is 29.8. The predicted molar refractivity (Wildman–Crippen MR) is 136 cm³/mol. The largest absolute Gasteiger partial charge is 0.490 e. The molecular formula is C25H30Br2N2O4. The summed E-state index contributed by atoms with van der Waals surface area (Å²) in [5, 5.41) is 0. The lowest BCUT2D eigenvalue weighted by Crippen LogP contribution is -2.37. The topological polar surface area (TPSA) is 59.1 Å². The van der Waals surface area contributed by atoms with E-state index in [0.29, 0.717) is 48.8 Å². The lowest BCUT2D eigenvalue weighted by Gasteiger charge is -2.23. The van der Waals surface area contributed by atoms with Gasteiger partial charge in [0.05, 0.1) is 21.2 Å². The Kier molecular flexibility index (Phi) is 8.82. The predicted octanol–water partition coefficient (Wildman–Crippen LogP) is 5.77. The van der Waals surface area contributed by atoms with Gasteiger partial charge in [-0.25, -0.2) is 0 Å². The Morgan fingerprint density at radius 1 is 0.727 bits per heavy atom. The van der Waals surface area contributed by atoms with Crippen molar-refractivity contribution < 1.29 is 19.1 Å². The molecule has 178 valence electrons. The summed E-state index contributed by atoms with van der Waals surface area (Å²) < 4.78 is 13.0. The normalized spacial score (nSPS) is 14.4. The maximum Gasteiger partial charge on any atom is 0.253 e. The van der Waals surface area contributed by atoms with Crippen LogP contribution in [0.5, 0.6) is 11.5 Å². The molecule has 1 saturated heterocycles. The van der Waals surface area contributed by atoms with E-state index in [-0.39, 0.29) is 24.0 Å². The van der Waals surface area contributed by atoms with Crippen LogP contribution in [0.1, 0.15) is 54.8 Å². The first-order chi connectivity index (χ1) is 15.7. The van der Waals surface area contributed by atoms with Crippen molar-refractivity contribution in [1.29, 1.82) is 0 Å². The van der Waals surface area contributed by atoms with Crippen LogP contribution in [0.25, 0.3) is 0 Å². The molecule has 1 fully saturated rings. The average Bonchev–Trinajstić information content (AvgIpc) is 3.01. The second-order valence-electron chi connectivity index (χ2n) is 8.56. The number of carbonyl (C=O) groups is 2. The fourth-order valence-corrected chi connectivity index (χ4v) is 4.60. The van der Waals surface area contributed by atoms with Crippen LogP contribution in [-0.2, 0) is 0 Å². The summed E-state index contributed by atoms with van der Waals surface area (Å²) in [6.45, 7) is 10.0. The molecule has 3 rings (SSSR count). The fourth-order valence-electron chi connectivity index (χ4n) is 3.66. The van der Waals surface area contributed by atoms with Crippen LogP contribution in [-0.4, -0.2) is 60.0 Å². The van der Waals surface area contributed by atoms with Crippen LogP contribution in [0.4, 0.5) is 0 Å². The molecule has 0 bridgehead atoms. The van der Waals surface area contributed by atoms with Crippen LogP contribution < -0.4 is 9.47 Å². The van der Waals surface area contributed by atoms with E-state index in [1.165, 1.54) is 0 Å². The molecule has 0 atom stereocenters. The molecule has 6 nitrogen and oxygen atoms in total. The van der Waals surface area contributed by atoms with Gasteiger partial charge in [-0.15, -0.1) is 0 Å². The SMILES string of the molecule is CC(C)Oc1ccc(C(=O)N2CCCN(C(=O)c3ccc(OC(C)C)c(Br)c3)CC2)cc1Br. The number of rotatable bonds is 6. The molecule has 2 aromatic carbocycles. The first kappa shape index (κ1) is 25.6. The van der Waals surface area contributed by atoms with E-state index >= 15 is 0 Å². The number of halogens is 2. The van der Waals surface area contributed by atoms with E-state index in [0.717, 1.165) is 15.4 Å². The van der Waals surface area contributed by atoms with E-state index in [1.54, 1.807) is 24.3 Å². The summed E-state index contributed by atoms with van der Waals surface area (Å²) in [7, 11) is 0. The first-order valence-corrected chi connectivity index (χ1v) is 12.7. The van der Waals surface area contributed by atoms with Crippen molar-refractivity contribution >= 4 is 43.7 Å². The Bertz CT molecular complexity index is 930. The Labute approximate surface area is 212 Å². The Morgan fingerprint density at radius 3 is 1.45 bits per heavy atom. The van der Waals surface area contributed by atoms with Crippen LogP contribution in [0.3, 0.4) is 0 Å². The summed E-state index contributed by atoms with van der Waals surface area (Å²) in [6.07, 6.45) is 0.830. The molecule has 2 amide bonds. The van der Waals surface area contributed by atoms with Crippen molar-refractivity contribution in [1.82, 2.24) is 9.80 Å². The molecule has 1 heterocycles. The highest BCUT2D eigenvalue weighted by Gasteiger charge is 2.24. The molecule has 0 aliphatic carbocycles. The third-order valence-corrected chi connectivity index (χ3v) is 6.39. The van der Waals surface area contributed by atoms with Gasteiger partial charge in [0.25, 0.3) is 11.8 Å². The van der Waals surface area contributed by atoms with Gasteiger partial charge in [-0.3, -0.25) is 9.59 Å². The highest BCUT2D eigenvalue weighted by Crippen LogP contribution is 2.29. The van der Waals surface area contributed by atoms with Crippen LogP contribution in [0.2, 0.25) is 0 Å². The molecule has 0 radical (unpaired) electrons. The van der Waals surface area contributed by atoms with Crippen molar-refractivity contribution in [2.45, 2.75) is 46.3 Å². The average molecular weight is 582 g/mol. The number of amides is 2. The smallest absolute Gasteiger partial charge is 0.253 e. The molecule has 0 spiro atoms. The van der Waals surface area contributed by atoms with Crippen LogP contribution in [0.15, 0.2) is 45.3 Å². The monoisotopic (exact) mass is 580 g/mol. The number of carbonyl (C=O) groups excluding carboxylic acids is 2.